The van der Waals surface area contributed by atoms with E-state index in [-0.39, 0.29) is 12.0 Å². The molecular formula is C12H20N2O3. The van der Waals surface area contributed by atoms with Gasteiger partial charge in [-0.2, -0.15) is 0 Å². The third-order valence-corrected chi connectivity index (χ3v) is 4.03. The van der Waals surface area contributed by atoms with Crippen molar-refractivity contribution in [1.82, 2.24) is 10.2 Å². The molecule has 1 amide bonds. The Kier molecular flexibility index (Phi) is 2.84. The minimum atomic E-state index is -0.568. The lowest BCUT2D eigenvalue weighted by atomic mass is 9.88. The Labute approximate surface area is 101 Å². The largest absolute Gasteiger partial charge is 0.386 e. The van der Waals surface area contributed by atoms with Crippen molar-refractivity contribution in [3.63, 3.8) is 0 Å². The van der Waals surface area contributed by atoms with Gasteiger partial charge >= 0.3 is 0 Å². The van der Waals surface area contributed by atoms with E-state index in [2.05, 4.69) is 5.32 Å². The zero-order chi connectivity index (χ0) is 11.9. The van der Waals surface area contributed by atoms with E-state index in [1.165, 1.54) is 0 Å². The molecule has 2 heterocycles. The van der Waals surface area contributed by atoms with Crippen LogP contribution in [0.4, 0.5) is 0 Å². The number of ether oxygens (including phenoxy) is 1. The van der Waals surface area contributed by atoms with Crippen LogP contribution in [0.25, 0.3) is 0 Å². The molecular weight excluding hydrogens is 220 g/mol. The van der Waals surface area contributed by atoms with Crippen LogP contribution in [-0.2, 0) is 9.53 Å². The molecule has 3 aliphatic rings. The van der Waals surface area contributed by atoms with Crippen LogP contribution in [0.2, 0.25) is 0 Å². The van der Waals surface area contributed by atoms with Crippen LogP contribution in [0, 0.1) is 5.92 Å². The van der Waals surface area contributed by atoms with Gasteiger partial charge in [-0.25, -0.2) is 0 Å². The first-order valence-corrected chi connectivity index (χ1v) is 6.50. The summed E-state index contributed by atoms with van der Waals surface area (Å²) in [5, 5.41) is 13.4. The quantitative estimate of drug-likeness (QED) is 0.688. The number of carbonyl (C=O) groups excluding carboxylic acids is 1. The fraction of sp³-hybridized carbons (Fsp3) is 0.917. The molecule has 1 atom stereocenters. The fourth-order valence-corrected chi connectivity index (χ4v) is 2.74. The number of morpholine rings is 1. The summed E-state index contributed by atoms with van der Waals surface area (Å²) < 4.78 is 5.51. The second-order valence-electron chi connectivity index (χ2n) is 5.53. The molecule has 1 unspecified atom stereocenters. The van der Waals surface area contributed by atoms with Crippen LogP contribution >= 0.6 is 0 Å². The number of hydrogen-bond donors (Lipinski definition) is 2. The van der Waals surface area contributed by atoms with Crippen LogP contribution in [0.3, 0.4) is 0 Å². The molecule has 0 radical (unpaired) electrons. The Balaban J connectivity index is 1.44. The van der Waals surface area contributed by atoms with Crippen LogP contribution in [0.15, 0.2) is 0 Å². The second kappa shape index (κ2) is 4.23. The number of nitrogens with zero attached hydrogens (tertiary/aromatic N) is 1. The van der Waals surface area contributed by atoms with E-state index in [0.29, 0.717) is 32.0 Å². The number of likely N-dealkylation sites (tertiary alicyclic amines) is 1. The van der Waals surface area contributed by atoms with Crippen LogP contribution in [0.1, 0.15) is 19.3 Å². The SMILES string of the molecule is O=C(CC1CNCCO1)N1CC(O)(C2CC2)C1. The zero-order valence-electron chi connectivity index (χ0n) is 10.0. The fourth-order valence-electron chi connectivity index (χ4n) is 2.74. The van der Waals surface area contributed by atoms with Crippen molar-refractivity contribution < 1.29 is 14.6 Å². The normalized spacial score (nSPS) is 32.1. The van der Waals surface area contributed by atoms with Crippen LogP contribution in [0.5, 0.6) is 0 Å². The highest BCUT2D eigenvalue weighted by molar-refractivity contribution is 5.78. The standard InChI is InChI=1S/C12H20N2O3/c15-11(5-10-6-13-3-4-17-10)14-7-12(16,8-14)9-1-2-9/h9-10,13,16H,1-8H2. The summed E-state index contributed by atoms with van der Waals surface area (Å²) in [6, 6.07) is 0. The van der Waals surface area contributed by atoms with Crippen LogP contribution in [-0.4, -0.2) is 60.4 Å². The Morgan fingerprint density at radius 3 is 2.82 bits per heavy atom. The molecule has 2 N–H and O–H groups in total. The van der Waals surface area contributed by atoms with Gasteiger partial charge in [-0.3, -0.25) is 4.79 Å². The summed E-state index contributed by atoms with van der Waals surface area (Å²) in [4.78, 5) is 13.7. The number of nitrogens with one attached hydrogen (secondary N) is 1. The first-order valence-electron chi connectivity index (χ1n) is 6.50. The molecule has 1 saturated carbocycles. The van der Waals surface area contributed by atoms with Crippen molar-refractivity contribution >= 4 is 5.91 Å². The van der Waals surface area contributed by atoms with Crippen molar-refractivity contribution in [3.05, 3.63) is 0 Å². The number of carbonyl (C=O) groups is 1. The summed E-state index contributed by atoms with van der Waals surface area (Å²) in [5.41, 5.74) is -0.568. The molecule has 0 bridgehead atoms. The van der Waals surface area contributed by atoms with E-state index in [1.54, 1.807) is 4.90 Å². The van der Waals surface area contributed by atoms with Gasteiger partial charge in [0.25, 0.3) is 0 Å². The molecule has 5 heteroatoms. The van der Waals surface area contributed by atoms with E-state index in [1.807, 2.05) is 0 Å². The number of hydrogen-bond acceptors (Lipinski definition) is 4. The molecule has 3 rings (SSSR count). The summed E-state index contributed by atoms with van der Waals surface area (Å²) in [6.07, 6.45) is 2.68. The minimum absolute atomic E-state index is 0.00543. The lowest BCUT2D eigenvalue weighted by Crippen LogP contribution is -2.65. The third kappa shape index (κ3) is 2.32. The van der Waals surface area contributed by atoms with Gasteiger partial charge in [0.1, 0.15) is 5.60 Å². The lowest BCUT2D eigenvalue weighted by Gasteiger charge is -2.47. The van der Waals surface area contributed by atoms with E-state index >= 15 is 0 Å². The zero-order valence-corrected chi connectivity index (χ0v) is 10.0. The highest BCUT2D eigenvalue weighted by Crippen LogP contribution is 2.44. The molecule has 2 saturated heterocycles. The Morgan fingerprint density at radius 1 is 1.47 bits per heavy atom. The van der Waals surface area contributed by atoms with Gasteiger partial charge in [-0.15, -0.1) is 0 Å². The molecule has 1 aliphatic carbocycles. The molecule has 0 aromatic heterocycles. The van der Waals surface area contributed by atoms with Crippen LogP contribution < -0.4 is 5.32 Å². The molecule has 5 nitrogen and oxygen atoms in total. The summed E-state index contributed by atoms with van der Waals surface area (Å²) in [7, 11) is 0. The van der Waals surface area contributed by atoms with Gasteiger partial charge in [0.05, 0.1) is 32.2 Å². The Hall–Kier alpha value is -0.650. The molecule has 96 valence electrons. The second-order valence-corrected chi connectivity index (χ2v) is 5.53. The van der Waals surface area contributed by atoms with Crippen molar-refractivity contribution in [1.29, 1.82) is 0 Å². The van der Waals surface area contributed by atoms with Gasteiger partial charge in [-0.05, 0) is 18.8 Å². The molecule has 0 aromatic carbocycles. The first-order chi connectivity index (χ1) is 8.17. The Morgan fingerprint density at radius 2 is 2.24 bits per heavy atom. The van der Waals surface area contributed by atoms with Crippen molar-refractivity contribution in [2.75, 3.05) is 32.8 Å². The molecule has 2 aliphatic heterocycles. The van der Waals surface area contributed by atoms with E-state index in [4.69, 9.17) is 4.74 Å². The molecule has 3 fully saturated rings. The maximum Gasteiger partial charge on any atom is 0.225 e. The minimum Gasteiger partial charge on any atom is -0.386 e. The summed E-state index contributed by atoms with van der Waals surface area (Å²) in [6.45, 7) is 3.36. The maximum absolute atomic E-state index is 11.9. The van der Waals surface area contributed by atoms with Crippen molar-refractivity contribution in [3.8, 4) is 0 Å². The number of β-amino-alcohol motifs (C(OH)–C–C–N with tert-alkyl or cyclic N) is 1. The number of rotatable bonds is 3. The third-order valence-electron chi connectivity index (χ3n) is 4.03. The highest BCUT2D eigenvalue weighted by Gasteiger charge is 2.53. The van der Waals surface area contributed by atoms with Gasteiger partial charge in [0, 0.05) is 13.1 Å². The smallest absolute Gasteiger partial charge is 0.225 e. The van der Waals surface area contributed by atoms with Gasteiger partial charge < -0.3 is 20.1 Å². The number of aliphatic hydroxyl groups is 1. The average molecular weight is 240 g/mol. The van der Waals surface area contributed by atoms with Gasteiger partial charge in [-0.1, -0.05) is 0 Å². The van der Waals surface area contributed by atoms with Gasteiger partial charge in [0.2, 0.25) is 5.91 Å². The monoisotopic (exact) mass is 240 g/mol. The predicted octanol–water partition coefficient (Wildman–Crippen LogP) is -0.652. The number of amides is 1. The van der Waals surface area contributed by atoms with E-state index in [9.17, 15) is 9.90 Å². The van der Waals surface area contributed by atoms with Gasteiger partial charge in [0.15, 0.2) is 0 Å². The first kappa shape index (κ1) is 11.4. The molecule has 0 spiro atoms. The molecule has 0 aromatic rings. The maximum atomic E-state index is 11.9. The highest BCUT2D eigenvalue weighted by atomic mass is 16.5. The predicted molar refractivity (Wildman–Crippen MR) is 61.5 cm³/mol. The topological polar surface area (TPSA) is 61.8 Å². The van der Waals surface area contributed by atoms with Crippen molar-refractivity contribution in [2.24, 2.45) is 5.92 Å². The lowest BCUT2D eigenvalue weighted by molar-refractivity contribution is -0.162. The summed E-state index contributed by atoms with van der Waals surface area (Å²) >= 11 is 0. The Bertz CT molecular complexity index is 305. The molecule has 17 heavy (non-hydrogen) atoms. The van der Waals surface area contributed by atoms with E-state index < -0.39 is 5.60 Å². The van der Waals surface area contributed by atoms with Crippen molar-refractivity contribution in [2.45, 2.75) is 31.0 Å². The van der Waals surface area contributed by atoms with E-state index in [0.717, 1.165) is 25.9 Å². The summed E-state index contributed by atoms with van der Waals surface area (Å²) in [5.74, 6) is 0.558. The average Bonchev–Trinajstić information content (AvgIpc) is 3.10.